The Morgan fingerprint density at radius 1 is 1.00 bits per heavy atom. The first-order valence-corrected chi connectivity index (χ1v) is 10.5. The van der Waals surface area contributed by atoms with Crippen molar-refractivity contribution in [3.63, 3.8) is 0 Å². The Bertz CT molecular complexity index is 1010. The monoisotopic (exact) mass is 477 g/mol. The van der Waals surface area contributed by atoms with E-state index in [1.54, 1.807) is 36.4 Å². The fraction of sp³-hybridized carbons (Fsp3) is 0.333. The minimum atomic E-state index is -0.646. The van der Waals surface area contributed by atoms with Gasteiger partial charge in [-0.05, 0) is 48.4 Å². The summed E-state index contributed by atoms with van der Waals surface area (Å²) in [6.07, 6.45) is 2.88. The van der Waals surface area contributed by atoms with Crippen molar-refractivity contribution < 1.29 is 33.3 Å². The summed E-state index contributed by atoms with van der Waals surface area (Å²) < 4.78 is 26.2. The van der Waals surface area contributed by atoms with Gasteiger partial charge in [-0.15, -0.1) is 0 Å². The normalized spacial score (nSPS) is 11.6. The summed E-state index contributed by atoms with van der Waals surface area (Å²) in [5, 5.41) is 3.18. The lowest BCUT2D eigenvalue weighted by atomic mass is 10.0. The molecule has 2 aromatic rings. The number of amides is 1. The van der Waals surface area contributed by atoms with Crippen molar-refractivity contribution >= 4 is 29.6 Å². The molecule has 1 atom stereocenters. The van der Waals surface area contributed by atoms with Crippen LogP contribution in [0.25, 0.3) is 6.08 Å². The highest BCUT2D eigenvalue weighted by atomic mass is 35.5. The molecule has 0 spiro atoms. The molecule has 0 radical (unpaired) electrons. The second-order valence-corrected chi connectivity index (χ2v) is 7.16. The van der Waals surface area contributed by atoms with Crippen molar-refractivity contribution in [2.45, 2.75) is 19.4 Å². The van der Waals surface area contributed by atoms with E-state index in [9.17, 15) is 9.59 Å². The van der Waals surface area contributed by atoms with Crippen LogP contribution in [0, 0.1) is 0 Å². The van der Waals surface area contributed by atoms with Crippen molar-refractivity contribution in [2.24, 2.45) is 0 Å². The summed E-state index contributed by atoms with van der Waals surface area (Å²) >= 11 is 6.26. The van der Waals surface area contributed by atoms with Gasteiger partial charge in [0.2, 0.25) is 5.91 Å². The maximum Gasteiger partial charge on any atom is 0.307 e. The first-order chi connectivity index (χ1) is 15.9. The SMILES string of the molecule is CCOc1cc(/C=C/C(=O)NC(CC(=O)OC)c2ccc(OC)c(OC)c2)cc(Cl)c1OC. The number of hydrogen-bond acceptors (Lipinski definition) is 7. The van der Waals surface area contributed by atoms with Gasteiger partial charge in [0.25, 0.3) is 0 Å². The Morgan fingerprint density at radius 3 is 2.33 bits per heavy atom. The number of halogens is 1. The van der Waals surface area contributed by atoms with E-state index in [0.29, 0.717) is 45.8 Å². The van der Waals surface area contributed by atoms with Crippen LogP contribution >= 0.6 is 11.6 Å². The third-order valence-electron chi connectivity index (χ3n) is 4.69. The second-order valence-electron chi connectivity index (χ2n) is 6.76. The van der Waals surface area contributed by atoms with Crippen LogP contribution in [-0.4, -0.2) is 46.9 Å². The molecule has 2 rings (SSSR count). The van der Waals surface area contributed by atoms with Crippen LogP contribution < -0.4 is 24.3 Å². The summed E-state index contributed by atoms with van der Waals surface area (Å²) in [6, 6.07) is 7.89. The first kappa shape index (κ1) is 25.9. The van der Waals surface area contributed by atoms with E-state index < -0.39 is 17.9 Å². The van der Waals surface area contributed by atoms with E-state index in [-0.39, 0.29) is 6.42 Å². The molecular weight excluding hydrogens is 450 g/mol. The number of benzene rings is 2. The second kappa shape index (κ2) is 12.6. The van der Waals surface area contributed by atoms with Crippen LogP contribution in [0.1, 0.15) is 30.5 Å². The number of hydrogen-bond donors (Lipinski definition) is 1. The molecule has 0 aromatic heterocycles. The van der Waals surface area contributed by atoms with E-state index in [1.165, 1.54) is 34.5 Å². The third kappa shape index (κ3) is 7.05. The summed E-state index contributed by atoms with van der Waals surface area (Å²) in [7, 11) is 5.83. The fourth-order valence-electron chi connectivity index (χ4n) is 3.11. The molecular formula is C24H28ClNO7. The Balaban J connectivity index is 2.26. The van der Waals surface area contributed by atoms with E-state index in [4.69, 9.17) is 35.3 Å². The summed E-state index contributed by atoms with van der Waals surface area (Å²) in [5.41, 5.74) is 1.31. The van der Waals surface area contributed by atoms with Gasteiger partial charge in [0, 0.05) is 6.08 Å². The number of esters is 1. The van der Waals surface area contributed by atoms with Crippen LogP contribution in [0.3, 0.4) is 0 Å². The van der Waals surface area contributed by atoms with Crippen LogP contribution in [0.4, 0.5) is 0 Å². The molecule has 0 saturated carbocycles. The molecule has 0 aliphatic rings. The van der Waals surface area contributed by atoms with Crippen molar-refractivity contribution in [1.82, 2.24) is 5.32 Å². The maximum atomic E-state index is 12.7. The highest BCUT2D eigenvalue weighted by molar-refractivity contribution is 6.32. The van der Waals surface area contributed by atoms with Gasteiger partial charge >= 0.3 is 5.97 Å². The molecule has 9 heteroatoms. The zero-order chi connectivity index (χ0) is 24.4. The van der Waals surface area contributed by atoms with E-state index in [1.807, 2.05) is 6.92 Å². The molecule has 0 saturated heterocycles. The minimum Gasteiger partial charge on any atom is -0.493 e. The molecule has 0 aliphatic carbocycles. The molecule has 0 fully saturated rings. The average molecular weight is 478 g/mol. The minimum absolute atomic E-state index is 0.0611. The topological polar surface area (TPSA) is 92.3 Å². The molecule has 1 N–H and O–H groups in total. The van der Waals surface area contributed by atoms with Gasteiger partial charge in [-0.3, -0.25) is 9.59 Å². The van der Waals surface area contributed by atoms with Crippen molar-refractivity contribution in [2.75, 3.05) is 35.0 Å². The molecule has 0 heterocycles. The van der Waals surface area contributed by atoms with Crippen LogP contribution in [-0.2, 0) is 14.3 Å². The Morgan fingerprint density at radius 2 is 1.73 bits per heavy atom. The number of rotatable bonds is 11. The van der Waals surface area contributed by atoms with Crippen LogP contribution in [0.15, 0.2) is 36.4 Å². The van der Waals surface area contributed by atoms with Gasteiger partial charge in [-0.25, -0.2) is 0 Å². The number of ether oxygens (including phenoxy) is 5. The van der Waals surface area contributed by atoms with Crippen molar-refractivity contribution in [1.29, 1.82) is 0 Å². The zero-order valence-electron chi connectivity index (χ0n) is 19.3. The fourth-order valence-corrected chi connectivity index (χ4v) is 3.40. The van der Waals surface area contributed by atoms with Gasteiger partial charge in [-0.1, -0.05) is 17.7 Å². The van der Waals surface area contributed by atoms with Gasteiger partial charge in [-0.2, -0.15) is 0 Å². The van der Waals surface area contributed by atoms with Crippen molar-refractivity contribution in [3.05, 3.63) is 52.6 Å². The van der Waals surface area contributed by atoms with E-state index >= 15 is 0 Å². The molecule has 0 aliphatic heterocycles. The smallest absolute Gasteiger partial charge is 0.307 e. The molecule has 1 unspecified atom stereocenters. The van der Waals surface area contributed by atoms with E-state index in [2.05, 4.69) is 5.32 Å². The number of methoxy groups -OCH3 is 4. The van der Waals surface area contributed by atoms with Gasteiger partial charge in [0.05, 0.1) is 52.5 Å². The summed E-state index contributed by atoms with van der Waals surface area (Å²) in [6.45, 7) is 2.28. The predicted octanol–water partition coefficient (Wildman–Crippen LogP) is 4.20. The molecule has 2 aromatic carbocycles. The predicted molar refractivity (Wildman–Crippen MR) is 125 cm³/mol. The lowest BCUT2D eigenvalue weighted by Gasteiger charge is -2.19. The maximum absolute atomic E-state index is 12.7. The highest BCUT2D eigenvalue weighted by Crippen LogP contribution is 2.36. The summed E-state index contributed by atoms with van der Waals surface area (Å²) in [5.74, 6) is 1.02. The van der Waals surface area contributed by atoms with Crippen LogP contribution in [0.5, 0.6) is 23.0 Å². The van der Waals surface area contributed by atoms with Crippen LogP contribution in [0.2, 0.25) is 5.02 Å². The lowest BCUT2D eigenvalue weighted by Crippen LogP contribution is -2.29. The molecule has 33 heavy (non-hydrogen) atoms. The molecule has 0 bridgehead atoms. The van der Waals surface area contributed by atoms with Gasteiger partial charge in [0.15, 0.2) is 23.0 Å². The van der Waals surface area contributed by atoms with Crippen molar-refractivity contribution in [3.8, 4) is 23.0 Å². The Labute approximate surface area is 198 Å². The number of carbonyl (C=O) groups excluding carboxylic acids is 2. The molecule has 1 amide bonds. The van der Waals surface area contributed by atoms with Gasteiger partial charge in [0.1, 0.15) is 0 Å². The molecule has 178 valence electrons. The quantitative estimate of drug-likeness (QED) is 0.383. The first-order valence-electron chi connectivity index (χ1n) is 10.1. The number of nitrogens with one attached hydrogen (secondary N) is 1. The average Bonchev–Trinajstić information content (AvgIpc) is 2.81. The Kier molecular flexibility index (Phi) is 9.87. The third-order valence-corrected chi connectivity index (χ3v) is 4.97. The largest absolute Gasteiger partial charge is 0.493 e. The zero-order valence-corrected chi connectivity index (χ0v) is 20.0. The number of carbonyl (C=O) groups is 2. The summed E-state index contributed by atoms with van der Waals surface area (Å²) in [4.78, 5) is 24.6. The Hall–Kier alpha value is -3.39. The van der Waals surface area contributed by atoms with E-state index in [0.717, 1.165) is 0 Å². The van der Waals surface area contributed by atoms with Gasteiger partial charge < -0.3 is 29.0 Å². The lowest BCUT2D eigenvalue weighted by molar-refractivity contribution is -0.141. The highest BCUT2D eigenvalue weighted by Gasteiger charge is 2.20. The molecule has 8 nitrogen and oxygen atoms in total. The standard InChI is InChI=1S/C24H28ClNO7/c1-6-33-21-12-15(11-17(25)24(21)32-5)7-10-22(27)26-18(14-23(28)31-4)16-8-9-19(29-2)20(13-16)30-3/h7-13,18H,6,14H2,1-5H3,(H,26,27)/b10-7+.